The van der Waals surface area contributed by atoms with Crippen molar-refractivity contribution in [3.63, 3.8) is 0 Å². The van der Waals surface area contributed by atoms with E-state index in [0.29, 0.717) is 17.4 Å². The van der Waals surface area contributed by atoms with Crippen molar-refractivity contribution in [3.8, 4) is 11.5 Å². The highest BCUT2D eigenvalue weighted by Crippen LogP contribution is 2.31. The Labute approximate surface area is 128 Å². The second kappa shape index (κ2) is 6.09. The van der Waals surface area contributed by atoms with Crippen LogP contribution in [-0.4, -0.2) is 23.8 Å². The molecule has 2 heterocycles. The third-order valence-corrected chi connectivity index (χ3v) is 3.60. The van der Waals surface area contributed by atoms with Crippen LogP contribution in [0.4, 0.5) is 5.88 Å². The fourth-order valence-electron chi connectivity index (χ4n) is 2.42. The van der Waals surface area contributed by atoms with Crippen LogP contribution in [0.5, 0.6) is 11.5 Å². The van der Waals surface area contributed by atoms with Gasteiger partial charge in [-0.2, -0.15) is 0 Å². The molecule has 0 aliphatic carbocycles. The van der Waals surface area contributed by atoms with Crippen LogP contribution >= 0.6 is 0 Å². The van der Waals surface area contributed by atoms with E-state index in [4.69, 9.17) is 14.0 Å². The summed E-state index contributed by atoms with van der Waals surface area (Å²) in [5, 5.41) is 6.72. The number of ether oxygens (including phenoxy) is 2. The summed E-state index contributed by atoms with van der Waals surface area (Å²) in [4.78, 5) is 12.3. The summed E-state index contributed by atoms with van der Waals surface area (Å²) in [5.74, 6) is 1.31. The van der Waals surface area contributed by atoms with E-state index in [1.54, 1.807) is 6.07 Å². The van der Waals surface area contributed by atoms with Crippen molar-refractivity contribution in [3.05, 3.63) is 35.5 Å². The van der Waals surface area contributed by atoms with Crippen molar-refractivity contribution in [2.75, 3.05) is 11.9 Å². The van der Waals surface area contributed by atoms with Crippen LogP contribution in [-0.2, 0) is 17.6 Å². The second-order valence-corrected chi connectivity index (χ2v) is 5.00. The summed E-state index contributed by atoms with van der Waals surface area (Å²) < 4.78 is 16.4. The maximum atomic E-state index is 12.3. The lowest BCUT2D eigenvalue weighted by Gasteiger charge is -2.25. The Morgan fingerprint density at radius 2 is 2.05 bits per heavy atom. The van der Waals surface area contributed by atoms with Crippen LogP contribution in [0.3, 0.4) is 0 Å². The van der Waals surface area contributed by atoms with Gasteiger partial charge in [-0.15, -0.1) is 0 Å². The fraction of sp³-hybridized carbons (Fsp3) is 0.375. The average molecular weight is 302 g/mol. The van der Waals surface area contributed by atoms with Crippen molar-refractivity contribution in [1.29, 1.82) is 0 Å². The molecule has 1 atom stereocenters. The lowest BCUT2D eigenvalue weighted by atomic mass is 10.1. The highest BCUT2D eigenvalue weighted by atomic mass is 16.6. The first-order chi connectivity index (χ1) is 10.7. The van der Waals surface area contributed by atoms with Crippen molar-refractivity contribution >= 4 is 11.8 Å². The number of nitrogens with one attached hydrogen (secondary N) is 1. The fourth-order valence-corrected chi connectivity index (χ4v) is 2.42. The number of hydrogen-bond acceptors (Lipinski definition) is 5. The van der Waals surface area contributed by atoms with E-state index in [-0.39, 0.29) is 12.5 Å². The largest absolute Gasteiger partial charge is 0.485 e. The van der Waals surface area contributed by atoms with E-state index in [9.17, 15) is 4.79 Å². The number of fused-ring (bicyclic) bond motifs is 1. The molecule has 2 aromatic rings. The lowest BCUT2D eigenvalue weighted by molar-refractivity contribution is -0.125. The van der Waals surface area contributed by atoms with E-state index in [1.807, 2.05) is 32.0 Å². The first-order valence-electron chi connectivity index (χ1n) is 7.39. The standard InChI is InChI=1S/C16H18N2O4/c1-3-10-11(4-2)18-22-16(10)17-15(19)14-9-20-12-7-5-6-8-13(12)21-14/h5-8,14H,3-4,9H2,1-2H3,(H,17,19). The minimum Gasteiger partial charge on any atom is -0.485 e. The summed E-state index contributed by atoms with van der Waals surface area (Å²) in [6.07, 6.45) is 0.793. The predicted molar refractivity (Wildman–Crippen MR) is 80.2 cm³/mol. The normalized spacial score (nSPS) is 16.4. The van der Waals surface area contributed by atoms with Gasteiger partial charge in [-0.3, -0.25) is 10.1 Å². The lowest BCUT2D eigenvalue weighted by Crippen LogP contribution is -2.40. The Balaban J connectivity index is 1.72. The Hall–Kier alpha value is -2.50. The zero-order valence-corrected chi connectivity index (χ0v) is 12.6. The maximum Gasteiger partial charge on any atom is 0.271 e. The maximum absolute atomic E-state index is 12.3. The minimum atomic E-state index is -0.713. The number of nitrogens with zero attached hydrogens (tertiary/aromatic N) is 1. The minimum absolute atomic E-state index is 0.166. The number of para-hydroxylation sites is 2. The number of aryl methyl sites for hydroxylation is 1. The number of rotatable bonds is 4. The van der Waals surface area contributed by atoms with Gasteiger partial charge in [0, 0.05) is 5.56 Å². The average Bonchev–Trinajstić information content (AvgIpc) is 2.96. The van der Waals surface area contributed by atoms with Crippen molar-refractivity contribution in [2.45, 2.75) is 32.8 Å². The molecule has 1 unspecified atom stereocenters. The van der Waals surface area contributed by atoms with Crippen LogP contribution in [0.2, 0.25) is 0 Å². The summed E-state index contributed by atoms with van der Waals surface area (Å²) >= 11 is 0. The zero-order valence-electron chi connectivity index (χ0n) is 12.6. The first-order valence-corrected chi connectivity index (χ1v) is 7.39. The van der Waals surface area contributed by atoms with Crippen molar-refractivity contribution in [1.82, 2.24) is 5.16 Å². The molecule has 1 amide bonds. The molecule has 3 rings (SSSR count). The Morgan fingerprint density at radius 3 is 2.77 bits per heavy atom. The molecule has 22 heavy (non-hydrogen) atoms. The molecule has 116 valence electrons. The summed E-state index contributed by atoms with van der Waals surface area (Å²) in [7, 11) is 0. The van der Waals surface area contributed by atoms with Gasteiger partial charge in [-0.05, 0) is 25.0 Å². The van der Waals surface area contributed by atoms with Gasteiger partial charge in [0.1, 0.15) is 6.61 Å². The highest BCUT2D eigenvalue weighted by Gasteiger charge is 2.29. The highest BCUT2D eigenvalue weighted by molar-refractivity contribution is 5.94. The molecule has 1 aromatic heterocycles. The molecule has 1 N–H and O–H groups in total. The number of hydrogen-bond donors (Lipinski definition) is 1. The van der Waals surface area contributed by atoms with E-state index >= 15 is 0 Å². The number of benzene rings is 1. The second-order valence-electron chi connectivity index (χ2n) is 5.00. The van der Waals surface area contributed by atoms with Crippen LogP contribution in [0, 0.1) is 0 Å². The van der Waals surface area contributed by atoms with Crippen LogP contribution in [0.1, 0.15) is 25.1 Å². The number of anilines is 1. The molecular formula is C16H18N2O4. The first kappa shape index (κ1) is 14.4. The number of aromatic nitrogens is 1. The molecule has 6 heteroatoms. The van der Waals surface area contributed by atoms with Gasteiger partial charge in [0.05, 0.1) is 5.69 Å². The van der Waals surface area contributed by atoms with Gasteiger partial charge >= 0.3 is 0 Å². The molecule has 1 aliphatic heterocycles. The van der Waals surface area contributed by atoms with Gasteiger partial charge in [-0.25, -0.2) is 0 Å². The van der Waals surface area contributed by atoms with E-state index in [2.05, 4.69) is 10.5 Å². The molecule has 0 spiro atoms. The monoisotopic (exact) mass is 302 g/mol. The molecule has 0 fully saturated rings. The van der Waals surface area contributed by atoms with Gasteiger partial charge in [0.15, 0.2) is 11.5 Å². The van der Waals surface area contributed by atoms with Crippen LogP contribution in [0.15, 0.2) is 28.8 Å². The summed E-state index contributed by atoms with van der Waals surface area (Å²) in [6, 6.07) is 7.27. The molecule has 0 bridgehead atoms. The van der Waals surface area contributed by atoms with Gasteiger partial charge in [0.25, 0.3) is 5.91 Å². The molecule has 1 aliphatic rings. The molecule has 0 saturated carbocycles. The topological polar surface area (TPSA) is 73.6 Å². The number of amides is 1. The molecule has 0 radical (unpaired) electrons. The summed E-state index contributed by atoms with van der Waals surface area (Å²) in [6.45, 7) is 4.16. The summed E-state index contributed by atoms with van der Waals surface area (Å²) in [5.41, 5.74) is 1.79. The number of carbonyl (C=O) groups is 1. The molecule has 6 nitrogen and oxygen atoms in total. The van der Waals surface area contributed by atoms with Crippen LogP contribution < -0.4 is 14.8 Å². The van der Waals surface area contributed by atoms with Gasteiger partial charge in [0.2, 0.25) is 12.0 Å². The molecule has 1 aromatic carbocycles. The Morgan fingerprint density at radius 1 is 1.27 bits per heavy atom. The Kier molecular flexibility index (Phi) is 4.00. The zero-order chi connectivity index (χ0) is 15.5. The van der Waals surface area contributed by atoms with Crippen molar-refractivity contribution < 1.29 is 18.8 Å². The molecule has 0 saturated heterocycles. The smallest absolute Gasteiger partial charge is 0.271 e. The third-order valence-electron chi connectivity index (χ3n) is 3.60. The number of carbonyl (C=O) groups excluding carboxylic acids is 1. The van der Waals surface area contributed by atoms with Crippen molar-refractivity contribution in [2.24, 2.45) is 0 Å². The molecular weight excluding hydrogens is 284 g/mol. The third kappa shape index (κ3) is 2.64. The van der Waals surface area contributed by atoms with E-state index in [1.165, 1.54) is 0 Å². The Bertz CT molecular complexity index is 681. The van der Waals surface area contributed by atoms with Gasteiger partial charge in [-0.1, -0.05) is 31.1 Å². The van der Waals surface area contributed by atoms with E-state index in [0.717, 1.165) is 24.1 Å². The SMILES string of the molecule is CCc1noc(NC(=O)C2COc3ccccc3O2)c1CC. The van der Waals surface area contributed by atoms with Gasteiger partial charge < -0.3 is 14.0 Å². The predicted octanol–water partition coefficient (Wildman–Crippen LogP) is 2.58. The van der Waals surface area contributed by atoms with E-state index < -0.39 is 6.10 Å². The van der Waals surface area contributed by atoms with Crippen LogP contribution in [0.25, 0.3) is 0 Å². The quantitative estimate of drug-likeness (QED) is 0.939.